The molecule has 1 aliphatic rings. The van der Waals surface area contributed by atoms with E-state index >= 15 is 0 Å². The maximum atomic E-state index is 12.9. The van der Waals surface area contributed by atoms with Gasteiger partial charge in [0, 0.05) is 40.2 Å². The number of carbonyl (C=O) groups is 1. The van der Waals surface area contributed by atoms with Crippen LogP contribution in [0.15, 0.2) is 54.7 Å². The first-order chi connectivity index (χ1) is 15.8. The van der Waals surface area contributed by atoms with Gasteiger partial charge in [-0.25, -0.2) is 0 Å². The van der Waals surface area contributed by atoms with Gasteiger partial charge in [-0.15, -0.1) is 0 Å². The summed E-state index contributed by atoms with van der Waals surface area (Å²) >= 11 is 1.40. The van der Waals surface area contributed by atoms with Crippen LogP contribution in [0.25, 0.3) is 11.1 Å². The molecule has 7 heteroatoms. The van der Waals surface area contributed by atoms with Crippen LogP contribution >= 0.6 is 11.9 Å². The van der Waals surface area contributed by atoms with Crippen molar-refractivity contribution in [2.45, 2.75) is 51.5 Å². The van der Waals surface area contributed by atoms with Crippen LogP contribution in [-0.4, -0.2) is 32.1 Å². The molecule has 0 aliphatic carbocycles. The average Bonchev–Trinajstić information content (AvgIpc) is 3.26. The average molecular weight is 466 g/mol. The summed E-state index contributed by atoms with van der Waals surface area (Å²) in [7, 11) is 0. The number of amides is 1. The number of fused-ring (bicyclic) bond motifs is 1. The van der Waals surface area contributed by atoms with Gasteiger partial charge >= 0.3 is 0 Å². The Morgan fingerprint density at radius 1 is 1.24 bits per heavy atom. The predicted octanol–water partition coefficient (Wildman–Crippen LogP) is 5.03. The van der Waals surface area contributed by atoms with Crippen LogP contribution in [0.4, 0.5) is 0 Å². The van der Waals surface area contributed by atoms with Crippen LogP contribution in [-0.2, 0) is 13.0 Å². The van der Waals surface area contributed by atoms with Crippen LogP contribution in [0.5, 0.6) is 5.75 Å². The molecule has 0 saturated heterocycles. The highest BCUT2D eigenvalue weighted by atomic mass is 32.2. The van der Waals surface area contributed by atoms with Crippen molar-refractivity contribution in [3.05, 3.63) is 71.5 Å². The quantitative estimate of drug-likeness (QED) is 0.499. The Morgan fingerprint density at radius 2 is 2.03 bits per heavy atom. The van der Waals surface area contributed by atoms with Gasteiger partial charge in [-0.05, 0) is 75.4 Å². The topological polar surface area (TPSA) is 76.4 Å². The molecule has 4 rings (SSSR count). The Bertz CT molecular complexity index is 1140. The first kappa shape index (κ1) is 23.4. The SMILES string of the molecule is CCn1nccc1C[C@@H]1COc2cc(-c3ccccc3C(=O)NSC(C)(C)C)ccc2[C@H]1O. The van der Waals surface area contributed by atoms with Gasteiger partial charge in [0.1, 0.15) is 5.75 Å². The summed E-state index contributed by atoms with van der Waals surface area (Å²) < 4.78 is 10.9. The maximum absolute atomic E-state index is 12.9. The summed E-state index contributed by atoms with van der Waals surface area (Å²) in [5.41, 5.74) is 4.20. The molecule has 0 saturated carbocycles. The fourth-order valence-electron chi connectivity index (χ4n) is 4.06. The van der Waals surface area contributed by atoms with Gasteiger partial charge in [-0.1, -0.05) is 30.3 Å². The van der Waals surface area contributed by atoms with E-state index in [-0.39, 0.29) is 16.6 Å². The number of ether oxygens (including phenoxy) is 1. The van der Waals surface area contributed by atoms with Crippen molar-refractivity contribution in [2.75, 3.05) is 6.61 Å². The lowest BCUT2D eigenvalue weighted by molar-refractivity contribution is 0.0498. The summed E-state index contributed by atoms with van der Waals surface area (Å²) in [5, 5.41) is 15.4. The fraction of sp³-hybridized carbons (Fsp3) is 0.385. The van der Waals surface area contributed by atoms with Crippen LogP contribution in [0.3, 0.4) is 0 Å². The van der Waals surface area contributed by atoms with E-state index in [4.69, 9.17) is 4.74 Å². The molecule has 2 heterocycles. The zero-order valence-corrected chi connectivity index (χ0v) is 20.4. The number of aryl methyl sites for hydroxylation is 1. The summed E-state index contributed by atoms with van der Waals surface area (Å²) in [4.78, 5) is 12.9. The first-order valence-electron chi connectivity index (χ1n) is 11.3. The Labute approximate surface area is 199 Å². The molecule has 2 N–H and O–H groups in total. The number of aliphatic hydroxyl groups excluding tert-OH is 1. The fourth-order valence-corrected chi connectivity index (χ4v) is 4.57. The van der Waals surface area contributed by atoms with E-state index in [0.717, 1.165) is 28.9 Å². The normalized spacial score (nSPS) is 17.8. The van der Waals surface area contributed by atoms with E-state index in [9.17, 15) is 9.90 Å². The van der Waals surface area contributed by atoms with Gasteiger partial charge in [0.25, 0.3) is 5.91 Å². The molecule has 33 heavy (non-hydrogen) atoms. The number of nitrogens with one attached hydrogen (secondary N) is 1. The second kappa shape index (κ2) is 9.61. The summed E-state index contributed by atoms with van der Waals surface area (Å²) in [6, 6.07) is 15.3. The number of aromatic nitrogens is 2. The highest BCUT2D eigenvalue weighted by Crippen LogP contribution is 2.39. The lowest BCUT2D eigenvalue weighted by Crippen LogP contribution is -2.28. The second-order valence-electron chi connectivity index (χ2n) is 9.30. The van der Waals surface area contributed by atoms with E-state index < -0.39 is 6.10 Å². The van der Waals surface area contributed by atoms with Gasteiger partial charge < -0.3 is 9.84 Å². The van der Waals surface area contributed by atoms with Crippen LogP contribution in [0.2, 0.25) is 0 Å². The van der Waals surface area contributed by atoms with Crippen molar-refractivity contribution in [3.8, 4) is 16.9 Å². The van der Waals surface area contributed by atoms with Crippen LogP contribution < -0.4 is 9.46 Å². The molecule has 0 spiro atoms. The lowest BCUT2D eigenvalue weighted by Gasteiger charge is -2.31. The monoisotopic (exact) mass is 465 g/mol. The van der Waals surface area contributed by atoms with Crippen molar-refractivity contribution in [3.63, 3.8) is 0 Å². The number of benzene rings is 2. The zero-order chi connectivity index (χ0) is 23.6. The molecule has 2 aromatic carbocycles. The summed E-state index contributed by atoms with van der Waals surface area (Å²) in [5.74, 6) is 0.495. The number of hydrogen-bond donors (Lipinski definition) is 2. The van der Waals surface area contributed by atoms with Crippen molar-refractivity contribution in [2.24, 2.45) is 5.92 Å². The molecule has 174 valence electrons. The van der Waals surface area contributed by atoms with E-state index in [2.05, 4.69) is 37.5 Å². The van der Waals surface area contributed by atoms with E-state index in [1.165, 1.54) is 11.9 Å². The third kappa shape index (κ3) is 5.25. The van der Waals surface area contributed by atoms with Crippen molar-refractivity contribution in [1.82, 2.24) is 14.5 Å². The molecule has 2 atom stereocenters. The Balaban J connectivity index is 1.56. The highest BCUT2D eigenvalue weighted by Gasteiger charge is 2.31. The molecule has 0 fully saturated rings. The predicted molar refractivity (Wildman–Crippen MR) is 132 cm³/mol. The second-order valence-corrected chi connectivity index (χ2v) is 10.9. The largest absolute Gasteiger partial charge is 0.493 e. The van der Waals surface area contributed by atoms with Gasteiger partial charge in [0.2, 0.25) is 0 Å². The van der Waals surface area contributed by atoms with Crippen molar-refractivity contribution < 1.29 is 14.6 Å². The van der Waals surface area contributed by atoms with Gasteiger partial charge in [0.05, 0.1) is 12.7 Å². The molecule has 0 unspecified atom stereocenters. The van der Waals surface area contributed by atoms with Gasteiger partial charge in [0.15, 0.2) is 0 Å². The smallest absolute Gasteiger partial charge is 0.261 e. The van der Waals surface area contributed by atoms with E-state index in [0.29, 0.717) is 24.3 Å². The molecule has 1 amide bonds. The standard InChI is InChI=1S/C26H31N3O3S/c1-5-29-19(12-13-27-29)14-18-16-32-23-15-17(10-11-22(23)24(18)30)20-8-6-7-9-21(20)25(31)28-33-26(2,3)4/h6-13,15,18,24,30H,5,14,16H2,1-4H3,(H,28,31)/t18-,24+/m1/s1. The molecule has 0 radical (unpaired) electrons. The number of nitrogens with zero attached hydrogens (tertiary/aromatic N) is 2. The molecule has 1 aliphatic heterocycles. The minimum atomic E-state index is -0.621. The van der Waals surface area contributed by atoms with Crippen molar-refractivity contribution in [1.29, 1.82) is 0 Å². The van der Waals surface area contributed by atoms with Gasteiger partial charge in [-0.2, -0.15) is 5.10 Å². The first-order valence-corrected chi connectivity index (χ1v) is 12.1. The van der Waals surface area contributed by atoms with Crippen LogP contribution in [0.1, 0.15) is 55.4 Å². The molecule has 1 aromatic heterocycles. The summed E-state index contributed by atoms with van der Waals surface area (Å²) in [6.45, 7) is 9.45. The zero-order valence-electron chi connectivity index (χ0n) is 19.5. The maximum Gasteiger partial charge on any atom is 0.261 e. The number of hydrogen-bond acceptors (Lipinski definition) is 5. The molecule has 0 bridgehead atoms. The minimum absolute atomic E-state index is 0.0437. The Morgan fingerprint density at radius 3 is 2.79 bits per heavy atom. The third-order valence-corrected chi connectivity index (χ3v) is 6.64. The third-order valence-electron chi connectivity index (χ3n) is 5.74. The Kier molecular flexibility index (Phi) is 6.81. The minimum Gasteiger partial charge on any atom is -0.493 e. The summed E-state index contributed by atoms with van der Waals surface area (Å²) in [6.07, 6.45) is 1.87. The van der Waals surface area contributed by atoms with E-state index in [1.807, 2.05) is 53.2 Å². The molecular weight excluding hydrogens is 434 g/mol. The van der Waals surface area contributed by atoms with E-state index in [1.54, 1.807) is 6.20 Å². The molecule has 6 nitrogen and oxygen atoms in total. The number of rotatable bonds is 6. The lowest BCUT2D eigenvalue weighted by atomic mass is 9.88. The highest BCUT2D eigenvalue weighted by molar-refractivity contribution is 7.99. The van der Waals surface area contributed by atoms with Gasteiger partial charge in [-0.3, -0.25) is 14.2 Å². The Hall–Kier alpha value is -2.77. The molecular formula is C26H31N3O3S. The number of carbonyl (C=O) groups excluding carboxylic acids is 1. The number of aliphatic hydroxyl groups is 1. The van der Waals surface area contributed by atoms with Crippen molar-refractivity contribution >= 4 is 17.9 Å². The molecule has 3 aromatic rings. The van der Waals surface area contributed by atoms with Crippen LogP contribution in [0, 0.1) is 5.92 Å².